The van der Waals surface area contributed by atoms with Crippen molar-refractivity contribution in [1.82, 2.24) is 4.98 Å². The van der Waals surface area contributed by atoms with Crippen molar-refractivity contribution in [3.8, 4) is 0 Å². The molecule has 0 fully saturated rings. The molecule has 3 heteroatoms. The maximum atomic E-state index is 11.7. The summed E-state index contributed by atoms with van der Waals surface area (Å²) in [4.78, 5) is 14.8. The second-order valence-corrected chi connectivity index (χ2v) is 4.84. The van der Waals surface area contributed by atoms with Gasteiger partial charge in [-0.3, -0.25) is 4.79 Å². The smallest absolute Gasteiger partial charge is 0.197 e. The summed E-state index contributed by atoms with van der Waals surface area (Å²) in [7, 11) is 0. The highest BCUT2D eigenvalue weighted by atomic mass is 16.3. The normalized spacial score (nSPS) is 12.3. The fourth-order valence-electron chi connectivity index (χ4n) is 1.92. The standard InChI is InChI=1S/C15H17NO2/c1-10(2)7-14(17)15(18)8-11-9-16-13-6-4-3-5-12(11)13/h3-6,8-10,16,18H,7H2,1-2H3. The van der Waals surface area contributed by atoms with Gasteiger partial charge >= 0.3 is 0 Å². The molecule has 1 aromatic heterocycles. The molecule has 0 aliphatic carbocycles. The lowest BCUT2D eigenvalue weighted by atomic mass is 10.0. The molecule has 0 aliphatic heterocycles. The van der Waals surface area contributed by atoms with Gasteiger partial charge in [-0.25, -0.2) is 0 Å². The highest BCUT2D eigenvalue weighted by molar-refractivity contribution is 6.00. The second-order valence-electron chi connectivity index (χ2n) is 4.84. The third kappa shape index (κ3) is 2.62. The van der Waals surface area contributed by atoms with E-state index in [1.54, 1.807) is 6.20 Å². The Labute approximate surface area is 106 Å². The molecule has 0 saturated carbocycles. The van der Waals surface area contributed by atoms with Crippen LogP contribution in [0.15, 0.2) is 36.2 Å². The van der Waals surface area contributed by atoms with Crippen molar-refractivity contribution in [3.63, 3.8) is 0 Å². The number of fused-ring (bicyclic) bond motifs is 1. The first-order chi connectivity index (χ1) is 8.58. The van der Waals surface area contributed by atoms with Crippen LogP contribution in [0.1, 0.15) is 25.8 Å². The molecule has 18 heavy (non-hydrogen) atoms. The molecule has 0 unspecified atom stereocenters. The lowest BCUT2D eigenvalue weighted by molar-refractivity contribution is -0.118. The van der Waals surface area contributed by atoms with Gasteiger partial charge in [0.2, 0.25) is 0 Å². The predicted molar refractivity (Wildman–Crippen MR) is 73.4 cm³/mol. The van der Waals surface area contributed by atoms with Crippen LogP contribution in [-0.2, 0) is 4.79 Å². The molecule has 1 heterocycles. The molecule has 0 atom stereocenters. The number of rotatable bonds is 4. The van der Waals surface area contributed by atoms with E-state index in [-0.39, 0.29) is 17.5 Å². The van der Waals surface area contributed by atoms with E-state index in [0.29, 0.717) is 6.42 Å². The fraction of sp³-hybridized carbons (Fsp3) is 0.267. The minimum absolute atomic E-state index is 0.173. The Bertz CT molecular complexity index is 593. The average Bonchev–Trinajstić information content (AvgIpc) is 2.72. The van der Waals surface area contributed by atoms with Crippen molar-refractivity contribution in [2.45, 2.75) is 20.3 Å². The van der Waals surface area contributed by atoms with Crippen LogP contribution in [0.2, 0.25) is 0 Å². The van der Waals surface area contributed by atoms with Crippen LogP contribution in [0, 0.1) is 5.92 Å². The molecular weight excluding hydrogens is 226 g/mol. The molecule has 2 rings (SSSR count). The van der Waals surface area contributed by atoms with E-state index in [1.165, 1.54) is 6.08 Å². The van der Waals surface area contributed by atoms with Crippen LogP contribution in [0.25, 0.3) is 17.0 Å². The number of hydrogen-bond donors (Lipinski definition) is 2. The zero-order chi connectivity index (χ0) is 13.1. The number of hydrogen-bond acceptors (Lipinski definition) is 2. The first-order valence-electron chi connectivity index (χ1n) is 6.08. The van der Waals surface area contributed by atoms with Gasteiger partial charge in [0.15, 0.2) is 11.5 Å². The third-order valence-corrected chi connectivity index (χ3v) is 2.79. The number of Topliss-reactive ketones (excluding diaryl/α,β-unsaturated/α-hetero) is 1. The third-order valence-electron chi connectivity index (χ3n) is 2.79. The van der Waals surface area contributed by atoms with E-state index in [1.807, 2.05) is 38.1 Å². The maximum Gasteiger partial charge on any atom is 0.197 e. The number of aliphatic hydroxyl groups excluding tert-OH is 1. The Morgan fingerprint density at radius 3 is 2.83 bits per heavy atom. The number of nitrogens with one attached hydrogen (secondary N) is 1. The van der Waals surface area contributed by atoms with Gasteiger partial charge in [-0.05, 0) is 18.1 Å². The summed E-state index contributed by atoms with van der Waals surface area (Å²) in [6, 6.07) is 7.79. The zero-order valence-corrected chi connectivity index (χ0v) is 10.6. The number of benzene rings is 1. The lowest BCUT2D eigenvalue weighted by Gasteiger charge is -2.02. The van der Waals surface area contributed by atoms with Crippen LogP contribution < -0.4 is 0 Å². The van der Waals surface area contributed by atoms with Gasteiger partial charge < -0.3 is 10.1 Å². The molecule has 2 aromatic rings. The molecule has 0 aliphatic rings. The van der Waals surface area contributed by atoms with Gasteiger partial charge in [-0.2, -0.15) is 0 Å². The molecule has 0 amide bonds. The minimum atomic E-state index is -0.213. The van der Waals surface area contributed by atoms with Crippen LogP contribution in [0.4, 0.5) is 0 Å². The fourth-order valence-corrected chi connectivity index (χ4v) is 1.92. The van der Waals surface area contributed by atoms with E-state index in [2.05, 4.69) is 4.98 Å². The largest absolute Gasteiger partial charge is 0.504 e. The first-order valence-corrected chi connectivity index (χ1v) is 6.08. The van der Waals surface area contributed by atoms with E-state index in [0.717, 1.165) is 16.5 Å². The Balaban J connectivity index is 2.29. The SMILES string of the molecule is CC(C)CC(=O)C(O)=Cc1c[nH]c2ccccc12. The van der Waals surface area contributed by atoms with Crippen molar-refractivity contribution in [2.24, 2.45) is 5.92 Å². The zero-order valence-electron chi connectivity index (χ0n) is 10.6. The van der Waals surface area contributed by atoms with Crippen molar-refractivity contribution in [3.05, 3.63) is 41.8 Å². The summed E-state index contributed by atoms with van der Waals surface area (Å²) in [6.45, 7) is 3.91. The summed E-state index contributed by atoms with van der Waals surface area (Å²) in [5.74, 6) is -0.139. The number of carbonyl (C=O) groups is 1. The summed E-state index contributed by atoms with van der Waals surface area (Å²) in [5, 5.41) is 10.8. The van der Waals surface area contributed by atoms with Crippen molar-refractivity contribution in [2.75, 3.05) is 0 Å². The number of H-pyrrole nitrogens is 1. The Hall–Kier alpha value is -2.03. The van der Waals surface area contributed by atoms with E-state index < -0.39 is 0 Å². The minimum Gasteiger partial charge on any atom is -0.504 e. The van der Waals surface area contributed by atoms with Gasteiger partial charge in [0.05, 0.1) is 0 Å². The Morgan fingerprint density at radius 2 is 2.11 bits per heavy atom. The molecule has 0 bridgehead atoms. The predicted octanol–water partition coefficient (Wildman–Crippen LogP) is 3.68. The summed E-state index contributed by atoms with van der Waals surface area (Å²) in [6.07, 6.45) is 3.69. The molecule has 94 valence electrons. The number of allylic oxidation sites excluding steroid dienone is 1. The van der Waals surface area contributed by atoms with Crippen LogP contribution >= 0.6 is 0 Å². The molecule has 3 nitrogen and oxygen atoms in total. The molecule has 1 aromatic carbocycles. The lowest BCUT2D eigenvalue weighted by Crippen LogP contribution is -2.05. The van der Waals surface area contributed by atoms with Gasteiger partial charge in [0, 0.05) is 29.1 Å². The number of aromatic nitrogens is 1. The average molecular weight is 243 g/mol. The maximum absolute atomic E-state index is 11.7. The summed E-state index contributed by atoms with van der Waals surface area (Å²) >= 11 is 0. The molecule has 2 N–H and O–H groups in total. The highest BCUT2D eigenvalue weighted by Crippen LogP contribution is 2.20. The molecule has 0 radical (unpaired) electrons. The van der Waals surface area contributed by atoms with Gasteiger partial charge in [0.25, 0.3) is 0 Å². The van der Waals surface area contributed by atoms with Crippen molar-refractivity contribution in [1.29, 1.82) is 0 Å². The summed E-state index contributed by atoms with van der Waals surface area (Å²) in [5.41, 5.74) is 1.83. The van der Waals surface area contributed by atoms with Crippen molar-refractivity contribution >= 4 is 22.8 Å². The number of para-hydroxylation sites is 1. The molecule has 0 spiro atoms. The summed E-state index contributed by atoms with van der Waals surface area (Å²) < 4.78 is 0. The van der Waals surface area contributed by atoms with Crippen LogP contribution in [0.3, 0.4) is 0 Å². The second kappa shape index (κ2) is 5.08. The van der Waals surface area contributed by atoms with E-state index in [9.17, 15) is 9.90 Å². The molecule has 0 saturated heterocycles. The van der Waals surface area contributed by atoms with Crippen molar-refractivity contribution < 1.29 is 9.90 Å². The number of aliphatic hydroxyl groups is 1. The number of carbonyl (C=O) groups excluding carboxylic acids is 1. The van der Waals surface area contributed by atoms with Crippen LogP contribution in [-0.4, -0.2) is 15.9 Å². The first kappa shape index (κ1) is 12.4. The highest BCUT2D eigenvalue weighted by Gasteiger charge is 2.11. The van der Waals surface area contributed by atoms with E-state index >= 15 is 0 Å². The quantitative estimate of drug-likeness (QED) is 0.635. The Kier molecular flexibility index (Phi) is 3.51. The van der Waals surface area contributed by atoms with Gasteiger partial charge in [-0.1, -0.05) is 32.0 Å². The van der Waals surface area contributed by atoms with Gasteiger partial charge in [0.1, 0.15) is 0 Å². The molecular formula is C15H17NO2. The Morgan fingerprint density at radius 1 is 1.39 bits per heavy atom. The topological polar surface area (TPSA) is 53.1 Å². The number of ketones is 1. The number of aromatic amines is 1. The monoisotopic (exact) mass is 243 g/mol. The van der Waals surface area contributed by atoms with Crippen LogP contribution in [0.5, 0.6) is 0 Å². The van der Waals surface area contributed by atoms with E-state index in [4.69, 9.17) is 0 Å². The van der Waals surface area contributed by atoms with Gasteiger partial charge in [-0.15, -0.1) is 0 Å².